The average molecular weight is 700 g/mol. The Morgan fingerprint density at radius 3 is 2.19 bits per heavy atom. The van der Waals surface area contributed by atoms with E-state index >= 15 is 0 Å². The summed E-state index contributed by atoms with van der Waals surface area (Å²) in [5.41, 5.74) is -0.189. The topological polar surface area (TPSA) is 83.8 Å². The van der Waals surface area contributed by atoms with Crippen molar-refractivity contribution in [2.45, 2.75) is 12.0 Å². The van der Waals surface area contributed by atoms with Crippen LogP contribution in [0.1, 0.15) is 22.0 Å². The van der Waals surface area contributed by atoms with Crippen LogP contribution in [0, 0.1) is 10.7 Å². The monoisotopic (exact) mass is 700 g/mol. The Bertz CT molecular complexity index is 856. The number of aromatic hydroxyl groups is 1. The van der Waals surface area contributed by atoms with Crippen molar-refractivity contribution in [1.29, 1.82) is 0 Å². The maximum Gasteiger partial charge on any atom is 0.382 e. The van der Waals surface area contributed by atoms with Gasteiger partial charge in [0.1, 0.15) is 5.75 Å². The molecule has 138 valence electrons. The number of phenolic OH excluding ortho intramolecular Hbond substituents is 1. The van der Waals surface area contributed by atoms with Gasteiger partial charge in [0, 0.05) is 10.7 Å². The third-order valence-corrected chi connectivity index (χ3v) is 6.92. The molecule has 0 saturated heterocycles. The number of carbonyl (C=O) groups is 2. The molecular formula is C16H9F2I3O5. The van der Waals surface area contributed by atoms with Crippen molar-refractivity contribution < 1.29 is 33.3 Å². The molecule has 26 heavy (non-hydrogen) atoms. The van der Waals surface area contributed by atoms with Gasteiger partial charge in [-0.05, 0) is 97.6 Å². The third-order valence-electron chi connectivity index (χ3n) is 3.25. The van der Waals surface area contributed by atoms with Crippen LogP contribution >= 0.6 is 67.8 Å². The summed E-state index contributed by atoms with van der Waals surface area (Å²) in [4.78, 5) is 23.5. The minimum Gasteiger partial charge on any atom is -0.508 e. The molecule has 0 saturated carbocycles. The highest BCUT2D eigenvalue weighted by molar-refractivity contribution is 14.1. The average Bonchev–Trinajstić information content (AvgIpc) is 2.56. The van der Waals surface area contributed by atoms with Crippen LogP contribution in [0.25, 0.3) is 0 Å². The molecule has 2 N–H and O–H groups in total. The SMILES string of the molecule is O=C(OC(c1ccc(O)cc1)C(F)(F)C(=O)O)c1cc(I)cc(I)c1I. The highest BCUT2D eigenvalue weighted by atomic mass is 127. The fourth-order valence-corrected chi connectivity index (χ4v) is 4.36. The number of hydrogen-bond donors (Lipinski definition) is 2. The van der Waals surface area contributed by atoms with Crippen LogP contribution in [0.5, 0.6) is 5.75 Å². The van der Waals surface area contributed by atoms with Gasteiger partial charge in [0.05, 0.1) is 5.56 Å². The number of ether oxygens (including phenoxy) is 1. The molecule has 2 aromatic carbocycles. The number of halogens is 5. The number of phenols is 1. The van der Waals surface area contributed by atoms with Crippen molar-refractivity contribution in [3.63, 3.8) is 0 Å². The molecule has 0 fully saturated rings. The molecule has 0 aromatic heterocycles. The zero-order valence-electron chi connectivity index (χ0n) is 12.6. The number of esters is 1. The van der Waals surface area contributed by atoms with Gasteiger partial charge in [-0.2, -0.15) is 8.78 Å². The van der Waals surface area contributed by atoms with E-state index in [1.807, 2.05) is 67.8 Å². The lowest BCUT2D eigenvalue weighted by atomic mass is 10.0. The zero-order valence-corrected chi connectivity index (χ0v) is 19.0. The maximum atomic E-state index is 14.2. The number of rotatable bonds is 5. The van der Waals surface area contributed by atoms with Gasteiger partial charge in [-0.25, -0.2) is 9.59 Å². The summed E-state index contributed by atoms with van der Waals surface area (Å²) in [7, 11) is 0. The molecule has 0 spiro atoms. The van der Waals surface area contributed by atoms with Crippen LogP contribution in [0.3, 0.4) is 0 Å². The number of carboxylic acids is 1. The second-order valence-electron chi connectivity index (χ2n) is 5.05. The molecule has 10 heteroatoms. The van der Waals surface area contributed by atoms with E-state index in [2.05, 4.69) is 0 Å². The lowest BCUT2D eigenvalue weighted by Crippen LogP contribution is -2.38. The predicted octanol–water partition coefficient (Wildman–Crippen LogP) is 4.82. The largest absolute Gasteiger partial charge is 0.508 e. The van der Waals surface area contributed by atoms with Crippen LogP contribution in [-0.2, 0) is 9.53 Å². The zero-order chi connectivity index (χ0) is 19.6. The van der Waals surface area contributed by atoms with E-state index in [1.54, 1.807) is 6.07 Å². The fraction of sp³-hybridized carbons (Fsp3) is 0.125. The summed E-state index contributed by atoms with van der Waals surface area (Å²) in [6, 6.07) is 7.63. The van der Waals surface area contributed by atoms with Crippen LogP contribution in [-0.4, -0.2) is 28.1 Å². The molecule has 0 aliphatic rings. The second-order valence-corrected chi connectivity index (χ2v) is 8.54. The van der Waals surface area contributed by atoms with Gasteiger partial charge in [-0.1, -0.05) is 12.1 Å². The van der Waals surface area contributed by atoms with Crippen LogP contribution in [0.2, 0.25) is 0 Å². The van der Waals surface area contributed by atoms with Gasteiger partial charge >= 0.3 is 17.9 Å². The first-order valence-electron chi connectivity index (χ1n) is 6.79. The molecule has 0 radical (unpaired) electrons. The van der Waals surface area contributed by atoms with Crippen LogP contribution in [0.4, 0.5) is 8.78 Å². The van der Waals surface area contributed by atoms with Gasteiger partial charge in [0.25, 0.3) is 0 Å². The molecule has 0 amide bonds. The van der Waals surface area contributed by atoms with Crippen molar-refractivity contribution >= 4 is 79.7 Å². The van der Waals surface area contributed by atoms with E-state index < -0.39 is 24.0 Å². The van der Waals surface area contributed by atoms with Crippen LogP contribution < -0.4 is 0 Å². The summed E-state index contributed by atoms with van der Waals surface area (Å²) < 4.78 is 35.2. The van der Waals surface area contributed by atoms with Gasteiger partial charge in [0.2, 0.25) is 6.10 Å². The Morgan fingerprint density at radius 2 is 1.65 bits per heavy atom. The first kappa shape index (κ1) is 21.5. The Hall–Kier alpha value is -0.770. The van der Waals surface area contributed by atoms with E-state index in [4.69, 9.17) is 9.84 Å². The summed E-state index contributed by atoms with van der Waals surface area (Å²) in [6.45, 7) is 0. The number of carbonyl (C=O) groups excluding carboxylic acids is 1. The minimum absolute atomic E-state index is 0.0619. The van der Waals surface area contributed by atoms with E-state index in [0.29, 0.717) is 7.14 Å². The first-order valence-corrected chi connectivity index (χ1v) is 10.0. The summed E-state index contributed by atoms with van der Waals surface area (Å²) >= 11 is 5.85. The Morgan fingerprint density at radius 1 is 1.08 bits per heavy atom. The van der Waals surface area contributed by atoms with E-state index in [0.717, 1.165) is 27.8 Å². The van der Waals surface area contributed by atoms with Gasteiger partial charge in [0.15, 0.2) is 0 Å². The quantitative estimate of drug-likeness (QED) is 0.266. The Kier molecular flexibility index (Phi) is 7.04. The molecule has 5 nitrogen and oxygen atoms in total. The van der Waals surface area contributed by atoms with E-state index in [9.17, 15) is 23.5 Å². The standard InChI is InChI=1S/C16H9F2I3O5/c17-16(18,15(24)25)13(7-1-3-9(22)4-2-7)26-14(23)10-5-8(19)6-11(20)12(10)21/h1-6,13,22H,(H,24,25). The highest BCUT2D eigenvalue weighted by Crippen LogP contribution is 2.37. The highest BCUT2D eigenvalue weighted by Gasteiger charge is 2.51. The molecule has 1 atom stereocenters. The summed E-state index contributed by atoms with van der Waals surface area (Å²) in [6.07, 6.45) is -2.35. The number of benzene rings is 2. The Labute approximate surface area is 187 Å². The second kappa shape index (κ2) is 8.50. The number of aliphatic carboxylic acids is 1. The molecule has 2 rings (SSSR count). The van der Waals surface area contributed by atoms with Crippen molar-refractivity contribution in [2.75, 3.05) is 0 Å². The lowest BCUT2D eigenvalue weighted by molar-refractivity contribution is -0.183. The fourth-order valence-electron chi connectivity index (χ4n) is 1.99. The molecule has 1 unspecified atom stereocenters. The lowest BCUT2D eigenvalue weighted by Gasteiger charge is -2.24. The van der Waals surface area contributed by atoms with E-state index in [1.165, 1.54) is 6.07 Å². The minimum atomic E-state index is -4.35. The van der Waals surface area contributed by atoms with Gasteiger partial charge in [-0.3, -0.25) is 0 Å². The number of alkyl halides is 2. The molecule has 0 bridgehead atoms. The van der Waals surface area contributed by atoms with Gasteiger partial charge < -0.3 is 14.9 Å². The third kappa shape index (κ3) is 4.74. The first-order chi connectivity index (χ1) is 12.0. The smallest absolute Gasteiger partial charge is 0.382 e. The molecule has 0 aliphatic carbocycles. The number of carboxylic acid groups (broad SMARTS) is 1. The van der Waals surface area contributed by atoms with Crippen molar-refractivity contribution in [1.82, 2.24) is 0 Å². The van der Waals surface area contributed by atoms with Crippen molar-refractivity contribution in [2.24, 2.45) is 0 Å². The predicted molar refractivity (Wildman–Crippen MR) is 113 cm³/mol. The van der Waals surface area contributed by atoms with Gasteiger partial charge in [-0.15, -0.1) is 0 Å². The summed E-state index contributed by atoms with van der Waals surface area (Å²) in [5.74, 6) is -8.04. The van der Waals surface area contributed by atoms with Crippen LogP contribution in [0.15, 0.2) is 36.4 Å². The maximum absolute atomic E-state index is 14.2. The molecular weight excluding hydrogens is 691 g/mol. The van der Waals surface area contributed by atoms with Crippen molar-refractivity contribution in [3.8, 4) is 5.75 Å². The Balaban J connectivity index is 2.46. The normalized spacial score (nSPS) is 12.5. The molecule has 0 aliphatic heterocycles. The van der Waals surface area contributed by atoms with Crippen molar-refractivity contribution in [3.05, 3.63) is 58.2 Å². The summed E-state index contributed by atoms with van der Waals surface area (Å²) in [5, 5.41) is 18.2. The molecule has 0 heterocycles. The van der Waals surface area contributed by atoms with E-state index in [-0.39, 0.29) is 16.9 Å². The molecule has 2 aromatic rings. The number of hydrogen-bond acceptors (Lipinski definition) is 4.